The summed E-state index contributed by atoms with van der Waals surface area (Å²) in [7, 11) is 0. The number of hydrogen-bond donors (Lipinski definition) is 2. The Kier molecular flexibility index (Phi) is 6.69. The average Bonchev–Trinajstić information content (AvgIpc) is 3.52. The summed E-state index contributed by atoms with van der Waals surface area (Å²) in [5.41, 5.74) is 4.67. The van der Waals surface area contributed by atoms with Gasteiger partial charge in [0.15, 0.2) is 17.9 Å². The quantitative estimate of drug-likeness (QED) is 0.506. The first-order valence-electron chi connectivity index (χ1n) is 11.1. The van der Waals surface area contributed by atoms with Crippen LogP contribution in [-0.2, 0) is 9.59 Å². The Balaban J connectivity index is 1.43. The molecule has 2 N–H and O–H groups in total. The van der Waals surface area contributed by atoms with Crippen LogP contribution in [0.3, 0.4) is 0 Å². The van der Waals surface area contributed by atoms with Gasteiger partial charge in [-0.3, -0.25) is 9.59 Å². The van der Waals surface area contributed by atoms with Crippen molar-refractivity contribution in [2.75, 3.05) is 6.54 Å². The monoisotopic (exact) mass is 468 g/mol. The molecule has 1 aromatic carbocycles. The van der Waals surface area contributed by atoms with E-state index in [0.717, 1.165) is 11.3 Å². The van der Waals surface area contributed by atoms with Crippen LogP contribution >= 0.6 is 0 Å². The van der Waals surface area contributed by atoms with Crippen molar-refractivity contribution in [2.24, 2.45) is 5.92 Å². The molecule has 0 radical (unpaired) electrons. The molecule has 3 atom stereocenters. The Morgan fingerprint density at radius 2 is 1.97 bits per heavy atom. The number of carbonyl (C=O) groups is 2. The summed E-state index contributed by atoms with van der Waals surface area (Å²) in [5, 5.41) is 14.1. The zero-order valence-electron chi connectivity index (χ0n) is 19.5. The molecular weight excluding hydrogens is 440 g/mol. The van der Waals surface area contributed by atoms with Gasteiger partial charge in [0.05, 0.1) is 17.5 Å². The number of carbonyl (C=O) groups excluding carboxylic acids is 2. The topological polar surface area (TPSA) is 131 Å². The van der Waals surface area contributed by atoms with Gasteiger partial charge in [-0.25, -0.2) is 4.98 Å². The Bertz CT molecular complexity index is 1150. The number of nitrogens with one attached hydrogen (secondary N) is 1. The van der Waals surface area contributed by atoms with Crippen LogP contribution in [0.1, 0.15) is 43.3 Å². The Hall–Kier alpha value is -3.66. The summed E-state index contributed by atoms with van der Waals surface area (Å²) in [6.45, 7) is 7.48. The molecule has 0 spiro atoms. The number of aliphatic hydroxyl groups is 1. The van der Waals surface area contributed by atoms with Crippen molar-refractivity contribution in [3.8, 4) is 17.1 Å². The van der Waals surface area contributed by atoms with E-state index in [0.29, 0.717) is 23.0 Å². The first kappa shape index (κ1) is 23.5. The third-order valence-electron chi connectivity index (χ3n) is 5.88. The lowest BCUT2D eigenvalue weighted by Gasteiger charge is -2.28. The third kappa shape index (κ3) is 4.81. The molecule has 0 bridgehead atoms. The van der Waals surface area contributed by atoms with Crippen molar-refractivity contribution < 1.29 is 28.5 Å². The maximum absolute atomic E-state index is 13.4. The molecule has 10 heteroatoms. The van der Waals surface area contributed by atoms with Crippen LogP contribution in [0.5, 0.6) is 5.75 Å². The number of likely N-dealkylation sites (tertiary alicyclic amines) is 1. The van der Waals surface area contributed by atoms with E-state index in [-0.39, 0.29) is 24.8 Å². The molecule has 0 saturated carbocycles. The minimum atomic E-state index is -0.871. The van der Waals surface area contributed by atoms with Gasteiger partial charge < -0.3 is 23.8 Å². The maximum atomic E-state index is 13.4. The summed E-state index contributed by atoms with van der Waals surface area (Å²) in [6, 6.07) is 7.80. The van der Waals surface area contributed by atoms with Crippen LogP contribution in [0, 0.1) is 19.8 Å². The smallest absolute Gasteiger partial charge is 0.275 e. The van der Waals surface area contributed by atoms with Gasteiger partial charge in [0.25, 0.3) is 5.91 Å². The van der Waals surface area contributed by atoms with Crippen molar-refractivity contribution >= 4 is 11.8 Å². The van der Waals surface area contributed by atoms with Gasteiger partial charge in [0.1, 0.15) is 17.7 Å². The van der Waals surface area contributed by atoms with Crippen molar-refractivity contribution in [1.29, 1.82) is 0 Å². The minimum absolute atomic E-state index is 0.0541. The van der Waals surface area contributed by atoms with Crippen molar-refractivity contribution in [3.05, 3.63) is 53.9 Å². The van der Waals surface area contributed by atoms with E-state index in [2.05, 4.69) is 15.6 Å². The van der Waals surface area contributed by atoms with Crippen LogP contribution < -0.4 is 10.3 Å². The van der Waals surface area contributed by atoms with Gasteiger partial charge in [-0.15, -0.1) is 0 Å². The second-order valence-electron chi connectivity index (χ2n) is 8.85. The fourth-order valence-corrected chi connectivity index (χ4v) is 4.18. The normalized spacial score (nSPS) is 18.8. The number of nitrogens with zero attached hydrogens (tertiary/aromatic N) is 3. The fourth-order valence-electron chi connectivity index (χ4n) is 4.18. The van der Waals surface area contributed by atoms with Gasteiger partial charge >= 0.3 is 0 Å². The molecule has 1 fully saturated rings. The molecule has 1 aliphatic rings. The van der Waals surface area contributed by atoms with E-state index in [1.807, 2.05) is 20.8 Å². The van der Waals surface area contributed by atoms with E-state index < -0.39 is 24.0 Å². The number of aromatic nitrogens is 2. The summed E-state index contributed by atoms with van der Waals surface area (Å²) < 4.78 is 10.7. The van der Waals surface area contributed by atoms with E-state index >= 15 is 0 Å². The number of benzene rings is 1. The molecule has 0 unspecified atom stereocenters. The summed E-state index contributed by atoms with van der Waals surface area (Å²) >= 11 is 0. The molecule has 3 aromatic rings. The second kappa shape index (κ2) is 9.68. The lowest BCUT2D eigenvalue weighted by Crippen LogP contribution is -2.48. The minimum Gasteiger partial charge on any atom is -0.443 e. The summed E-state index contributed by atoms with van der Waals surface area (Å²) in [5.74, 6) is -0.0181. The van der Waals surface area contributed by atoms with Crippen LogP contribution in [0.2, 0.25) is 0 Å². The number of aryl methyl sites for hydroxylation is 2. The maximum Gasteiger partial charge on any atom is 0.275 e. The largest absolute Gasteiger partial charge is 0.443 e. The number of aliphatic hydroxyl groups excluding tert-OH is 1. The molecule has 3 heterocycles. The van der Waals surface area contributed by atoms with E-state index in [1.165, 1.54) is 11.3 Å². The Morgan fingerprint density at radius 3 is 2.56 bits per heavy atom. The van der Waals surface area contributed by atoms with E-state index in [9.17, 15) is 14.7 Å². The predicted molar refractivity (Wildman–Crippen MR) is 120 cm³/mol. The van der Waals surface area contributed by atoms with E-state index in [1.54, 1.807) is 37.3 Å². The molecule has 4 rings (SSSR count). The highest BCUT2D eigenvalue weighted by Gasteiger charge is 2.43. The fraction of sp³-hybridized carbons (Fsp3) is 0.417. The molecule has 2 aromatic heterocycles. The number of hydroxylamine groups is 1. The van der Waals surface area contributed by atoms with Crippen LogP contribution in [0.15, 0.2) is 45.7 Å². The van der Waals surface area contributed by atoms with Crippen LogP contribution in [0.4, 0.5) is 0 Å². The van der Waals surface area contributed by atoms with Crippen molar-refractivity contribution in [3.63, 3.8) is 0 Å². The zero-order chi connectivity index (χ0) is 24.4. The third-order valence-corrected chi connectivity index (χ3v) is 5.88. The molecule has 180 valence electrons. The lowest BCUT2D eigenvalue weighted by atomic mass is 9.91. The van der Waals surface area contributed by atoms with E-state index in [4.69, 9.17) is 13.8 Å². The van der Waals surface area contributed by atoms with Gasteiger partial charge in [-0.1, -0.05) is 19.0 Å². The Morgan fingerprint density at radius 1 is 1.24 bits per heavy atom. The van der Waals surface area contributed by atoms with Crippen molar-refractivity contribution in [2.45, 2.75) is 52.2 Å². The number of rotatable bonds is 7. The molecule has 34 heavy (non-hydrogen) atoms. The van der Waals surface area contributed by atoms with Gasteiger partial charge in [0, 0.05) is 24.6 Å². The summed E-state index contributed by atoms with van der Waals surface area (Å²) in [6.07, 6.45) is 0.685. The zero-order valence-corrected chi connectivity index (χ0v) is 19.5. The highest BCUT2D eigenvalue weighted by molar-refractivity contribution is 5.91. The number of β-amino-alcohol motifs (C(OH)–C–C–N with tert-alkyl or cyclic N) is 1. The SMILES string of the molecule is Cc1cc([C@@H](C(=O)N2C[C@H](O)C[C@H]2C(=O)NOc2ccc(-c3ocnc3C)cc2)C(C)C)on1. The first-order chi connectivity index (χ1) is 16.2. The first-order valence-corrected chi connectivity index (χ1v) is 11.1. The van der Waals surface area contributed by atoms with Crippen LogP contribution in [0.25, 0.3) is 11.3 Å². The highest BCUT2D eigenvalue weighted by Crippen LogP contribution is 2.31. The van der Waals surface area contributed by atoms with Crippen LogP contribution in [-0.4, -0.2) is 50.7 Å². The highest BCUT2D eigenvalue weighted by atomic mass is 16.7. The molecule has 2 amide bonds. The second-order valence-corrected chi connectivity index (χ2v) is 8.85. The standard InChI is InChI=1S/C24H28N4O6/c1-13(2)21(20-9-14(3)26-34-20)24(31)28-11-17(29)10-19(28)23(30)27-33-18-7-5-16(6-8-18)22-15(4)25-12-32-22/h5-9,12-13,17,19,21,29H,10-11H2,1-4H3,(H,27,30)/t17-,19+,21+/m1/s1. The van der Waals surface area contributed by atoms with Gasteiger partial charge in [-0.2, -0.15) is 5.48 Å². The number of amides is 2. The number of hydrogen-bond acceptors (Lipinski definition) is 8. The molecular formula is C24H28N4O6. The Labute approximate surface area is 196 Å². The molecule has 1 aliphatic heterocycles. The average molecular weight is 469 g/mol. The number of oxazole rings is 1. The molecule has 1 saturated heterocycles. The lowest BCUT2D eigenvalue weighted by molar-refractivity contribution is -0.143. The van der Waals surface area contributed by atoms with Crippen molar-refractivity contribution in [1.82, 2.24) is 20.5 Å². The molecule has 0 aliphatic carbocycles. The van der Waals surface area contributed by atoms with Gasteiger partial charge in [0.2, 0.25) is 5.91 Å². The molecule has 10 nitrogen and oxygen atoms in total. The van der Waals surface area contributed by atoms with Gasteiger partial charge in [-0.05, 0) is 44.0 Å². The summed E-state index contributed by atoms with van der Waals surface area (Å²) in [4.78, 5) is 37.2. The predicted octanol–water partition coefficient (Wildman–Crippen LogP) is 2.76.